The van der Waals surface area contributed by atoms with E-state index in [1.54, 1.807) is 0 Å². The van der Waals surface area contributed by atoms with Gasteiger partial charge in [-0.2, -0.15) is 4.98 Å². The molecule has 0 aliphatic rings. The lowest BCUT2D eigenvalue weighted by Crippen LogP contribution is -2.12. The second kappa shape index (κ2) is 8.75. The molecule has 7 nitrogen and oxygen atoms in total. The van der Waals surface area contributed by atoms with Gasteiger partial charge in [-0.05, 0) is 61.4 Å². The summed E-state index contributed by atoms with van der Waals surface area (Å²) in [5.74, 6) is -0.331. The summed E-state index contributed by atoms with van der Waals surface area (Å²) in [6.07, 6.45) is 0.350. The zero-order valence-electron chi connectivity index (χ0n) is 16.0. The summed E-state index contributed by atoms with van der Waals surface area (Å²) in [5.41, 5.74) is 2.85. The number of carbonyl (C=O) groups excluding carboxylic acids is 1. The molecule has 0 saturated heterocycles. The largest absolute Gasteiger partial charge is 0.339 e. The fraction of sp³-hybridized carbons (Fsp3) is 0.250. The van der Waals surface area contributed by atoms with Crippen molar-refractivity contribution in [3.63, 3.8) is 0 Å². The number of anilines is 1. The monoisotopic (exact) mass is 433 g/mol. The van der Waals surface area contributed by atoms with Crippen molar-refractivity contribution in [3.8, 4) is 0 Å². The number of benzene rings is 2. The Hall–Kier alpha value is -2.71. The molecule has 3 aromatic rings. The highest BCUT2D eigenvalue weighted by Gasteiger charge is 2.19. The van der Waals surface area contributed by atoms with Gasteiger partial charge in [-0.15, -0.1) is 0 Å². The quantitative estimate of drug-likeness (QED) is 0.606. The lowest BCUT2D eigenvalue weighted by atomic mass is 10.1. The highest BCUT2D eigenvalue weighted by Crippen LogP contribution is 2.18. The maximum atomic E-state index is 12.4. The van der Waals surface area contributed by atoms with Gasteiger partial charge in [-0.3, -0.25) is 4.79 Å². The molecule has 0 saturated carbocycles. The number of nitrogens with one attached hydrogen (secondary N) is 1. The van der Waals surface area contributed by atoms with Crippen molar-refractivity contribution in [1.29, 1.82) is 0 Å². The standard InChI is InChI=1S/C20H20ClN3O4S/c1-13-9-14(2)11-16(10-13)22-19(25)7-8-20-23-18(24-28-20)12-29(26,27)17-5-3-15(21)4-6-17/h3-6,9-11H,7-8,12H2,1-2H3,(H,22,25). The Morgan fingerprint density at radius 3 is 2.41 bits per heavy atom. The molecular weight excluding hydrogens is 414 g/mol. The van der Waals surface area contributed by atoms with E-state index in [1.165, 1.54) is 24.3 Å². The first kappa shape index (κ1) is 21.0. The number of hydrogen-bond acceptors (Lipinski definition) is 6. The van der Waals surface area contributed by atoms with E-state index in [9.17, 15) is 13.2 Å². The number of amides is 1. The van der Waals surface area contributed by atoms with Crippen molar-refractivity contribution in [1.82, 2.24) is 10.1 Å². The molecule has 3 rings (SSSR count). The fourth-order valence-corrected chi connectivity index (χ4v) is 4.14. The summed E-state index contributed by atoms with van der Waals surface area (Å²) >= 11 is 5.78. The molecule has 0 aliphatic heterocycles. The molecule has 0 atom stereocenters. The first-order chi connectivity index (χ1) is 13.7. The SMILES string of the molecule is Cc1cc(C)cc(NC(=O)CCc2nc(CS(=O)(=O)c3ccc(Cl)cc3)no2)c1. The molecule has 152 valence electrons. The zero-order valence-corrected chi connectivity index (χ0v) is 17.5. The maximum Gasteiger partial charge on any atom is 0.227 e. The topological polar surface area (TPSA) is 102 Å². The summed E-state index contributed by atoms with van der Waals surface area (Å²) in [5, 5.41) is 6.98. The van der Waals surface area contributed by atoms with Crippen LogP contribution < -0.4 is 5.32 Å². The number of carbonyl (C=O) groups is 1. The lowest BCUT2D eigenvalue weighted by Gasteiger charge is -2.06. The van der Waals surface area contributed by atoms with Crippen molar-refractivity contribution < 1.29 is 17.7 Å². The minimum absolute atomic E-state index is 0.0460. The number of aromatic nitrogens is 2. The highest BCUT2D eigenvalue weighted by atomic mass is 35.5. The van der Waals surface area contributed by atoms with E-state index >= 15 is 0 Å². The van der Waals surface area contributed by atoms with Gasteiger partial charge < -0.3 is 9.84 Å². The van der Waals surface area contributed by atoms with Gasteiger partial charge in [0.1, 0.15) is 5.75 Å². The summed E-state index contributed by atoms with van der Waals surface area (Å²) in [6, 6.07) is 11.7. The average Bonchev–Trinajstić information content (AvgIpc) is 3.06. The van der Waals surface area contributed by atoms with Gasteiger partial charge in [0.2, 0.25) is 11.8 Å². The van der Waals surface area contributed by atoms with E-state index in [0.717, 1.165) is 16.8 Å². The lowest BCUT2D eigenvalue weighted by molar-refractivity contribution is -0.116. The van der Waals surface area contributed by atoms with Crippen molar-refractivity contribution >= 4 is 33.0 Å². The van der Waals surface area contributed by atoms with E-state index in [4.69, 9.17) is 16.1 Å². The van der Waals surface area contributed by atoms with Crippen molar-refractivity contribution in [2.24, 2.45) is 0 Å². The number of hydrogen-bond donors (Lipinski definition) is 1. The number of aryl methyl sites for hydroxylation is 3. The predicted octanol–water partition coefficient (Wildman–Crippen LogP) is 3.89. The molecule has 0 unspecified atom stereocenters. The van der Waals surface area contributed by atoms with Crippen LogP contribution in [0, 0.1) is 13.8 Å². The summed E-state index contributed by atoms with van der Waals surface area (Å²) in [6.45, 7) is 3.92. The van der Waals surface area contributed by atoms with E-state index in [0.29, 0.717) is 5.02 Å². The Balaban J connectivity index is 1.57. The van der Waals surface area contributed by atoms with Crippen LogP contribution in [-0.2, 0) is 26.8 Å². The summed E-state index contributed by atoms with van der Waals surface area (Å²) in [7, 11) is -3.62. The van der Waals surface area contributed by atoms with Crippen molar-refractivity contribution in [2.75, 3.05) is 5.32 Å². The van der Waals surface area contributed by atoms with Crippen LogP contribution in [0.1, 0.15) is 29.3 Å². The van der Waals surface area contributed by atoms with Crippen LogP contribution in [0.25, 0.3) is 0 Å². The van der Waals surface area contributed by atoms with Gasteiger partial charge in [0.05, 0.1) is 4.90 Å². The van der Waals surface area contributed by atoms with E-state index in [-0.39, 0.29) is 35.4 Å². The number of sulfone groups is 1. The van der Waals surface area contributed by atoms with Crippen LogP contribution in [0.15, 0.2) is 51.9 Å². The first-order valence-corrected chi connectivity index (χ1v) is 10.9. The predicted molar refractivity (Wildman–Crippen MR) is 110 cm³/mol. The molecule has 1 amide bonds. The molecule has 0 aliphatic carbocycles. The van der Waals surface area contributed by atoms with Gasteiger partial charge in [-0.1, -0.05) is 22.8 Å². The van der Waals surface area contributed by atoms with E-state index in [1.807, 2.05) is 32.0 Å². The van der Waals surface area contributed by atoms with E-state index < -0.39 is 15.6 Å². The minimum atomic E-state index is -3.62. The molecule has 0 fully saturated rings. The minimum Gasteiger partial charge on any atom is -0.339 e. The molecule has 0 spiro atoms. The van der Waals surface area contributed by atoms with Gasteiger partial charge in [0, 0.05) is 23.6 Å². The number of nitrogens with zero attached hydrogens (tertiary/aromatic N) is 2. The fourth-order valence-electron chi connectivity index (χ4n) is 2.84. The van der Waals surface area contributed by atoms with Crippen molar-refractivity contribution in [3.05, 3.63) is 70.3 Å². The normalized spacial score (nSPS) is 11.4. The third kappa shape index (κ3) is 5.88. The molecule has 1 heterocycles. The Morgan fingerprint density at radius 2 is 1.76 bits per heavy atom. The molecule has 9 heteroatoms. The number of halogens is 1. The van der Waals surface area contributed by atoms with Crippen LogP contribution in [0.2, 0.25) is 5.02 Å². The summed E-state index contributed by atoms with van der Waals surface area (Å²) < 4.78 is 29.9. The van der Waals surface area contributed by atoms with Gasteiger partial charge in [0.15, 0.2) is 15.7 Å². The van der Waals surface area contributed by atoms with Crippen LogP contribution >= 0.6 is 11.6 Å². The average molecular weight is 434 g/mol. The summed E-state index contributed by atoms with van der Waals surface area (Å²) in [4.78, 5) is 16.4. The second-order valence-corrected chi connectivity index (χ2v) is 9.17. The molecule has 29 heavy (non-hydrogen) atoms. The van der Waals surface area contributed by atoms with Gasteiger partial charge in [-0.25, -0.2) is 8.42 Å². The number of rotatable bonds is 7. The third-order valence-electron chi connectivity index (χ3n) is 4.07. The van der Waals surface area contributed by atoms with Crippen LogP contribution in [-0.4, -0.2) is 24.5 Å². The first-order valence-electron chi connectivity index (χ1n) is 8.89. The zero-order chi connectivity index (χ0) is 21.0. The van der Waals surface area contributed by atoms with Crippen LogP contribution in [0.5, 0.6) is 0 Å². The Kier molecular flexibility index (Phi) is 6.34. The molecule has 2 aromatic carbocycles. The van der Waals surface area contributed by atoms with Gasteiger partial charge >= 0.3 is 0 Å². The molecular formula is C20H20ClN3O4S. The Morgan fingerprint density at radius 1 is 1.10 bits per heavy atom. The Labute approximate surface area is 174 Å². The van der Waals surface area contributed by atoms with Crippen molar-refractivity contribution in [2.45, 2.75) is 37.3 Å². The smallest absolute Gasteiger partial charge is 0.227 e. The molecule has 1 N–H and O–H groups in total. The van der Waals surface area contributed by atoms with Gasteiger partial charge in [0.25, 0.3) is 0 Å². The maximum absolute atomic E-state index is 12.4. The molecule has 1 aromatic heterocycles. The second-order valence-electron chi connectivity index (χ2n) is 6.74. The van der Waals surface area contributed by atoms with Crippen LogP contribution in [0.3, 0.4) is 0 Å². The third-order valence-corrected chi connectivity index (χ3v) is 5.95. The van der Waals surface area contributed by atoms with Crippen LogP contribution in [0.4, 0.5) is 5.69 Å². The highest BCUT2D eigenvalue weighted by molar-refractivity contribution is 7.90. The van der Waals surface area contributed by atoms with E-state index in [2.05, 4.69) is 15.5 Å². The molecule has 0 bridgehead atoms. The Bertz CT molecular complexity index is 1100. The molecule has 0 radical (unpaired) electrons.